The van der Waals surface area contributed by atoms with Gasteiger partial charge in [0.05, 0.1) is 18.4 Å². The van der Waals surface area contributed by atoms with E-state index in [1.165, 1.54) is 31.2 Å². The zero-order chi connectivity index (χ0) is 14.2. The summed E-state index contributed by atoms with van der Waals surface area (Å²) in [6.45, 7) is 5.31. The third-order valence-corrected chi connectivity index (χ3v) is 3.47. The Hall–Kier alpha value is -1.77. The maximum absolute atomic E-state index is 4.44. The lowest BCUT2D eigenvalue weighted by Gasteiger charge is -2.17. The van der Waals surface area contributed by atoms with Gasteiger partial charge < -0.3 is 5.32 Å². The molecule has 0 aliphatic heterocycles. The van der Waals surface area contributed by atoms with Crippen molar-refractivity contribution in [2.45, 2.75) is 52.1 Å². The van der Waals surface area contributed by atoms with Crippen molar-refractivity contribution in [3.05, 3.63) is 48.3 Å². The Morgan fingerprint density at radius 2 is 1.80 bits per heavy atom. The quantitative estimate of drug-likeness (QED) is 0.775. The Kier molecular flexibility index (Phi) is 5.66. The van der Waals surface area contributed by atoms with Crippen LogP contribution >= 0.6 is 0 Å². The van der Waals surface area contributed by atoms with Crippen LogP contribution in [0.3, 0.4) is 0 Å². The molecule has 1 N–H and O–H groups in total. The number of hydrogen-bond acceptors (Lipinski definition) is 2. The molecule has 3 heteroatoms. The molecule has 0 aliphatic rings. The number of nitrogens with one attached hydrogen (secondary N) is 1. The van der Waals surface area contributed by atoms with Crippen molar-refractivity contribution in [3.8, 4) is 0 Å². The summed E-state index contributed by atoms with van der Waals surface area (Å²) < 4.78 is 1.99. The summed E-state index contributed by atoms with van der Waals surface area (Å²) in [5.74, 6) is 0. The molecule has 0 amide bonds. The SMILES string of the molecule is CCCC(CCC)Nc1cnn(Cc2ccccc2)c1. The lowest BCUT2D eigenvalue weighted by atomic mass is 10.1. The van der Waals surface area contributed by atoms with Crippen LogP contribution in [0.25, 0.3) is 0 Å². The zero-order valence-electron chi connectivity index (χ0n) is 12.5. The molecule has 0 bridgehead atoms. The van der Waals surface area contributed by atoms with Crippen LogP contribution in [0.5, 0.6) is 0 Å². The Bertz CT molecular complexity index is 484. The molecule has 0 fully saturated rings. The summed E-state index contributed by atoms with van der Waals surface area (Å²) in [6.07, 6.45) is 8.91. The summed E-state index contributed by atoms with van der Waals surface area (Å²) in [7, 11) is 0. The number of nitrogens with zero attached hydrogens (tertiary/aromatic N) is 2. The minimum Gasteiger partial charge on any atom is -0.380 e. The van der Waals surface area contributed by atoms with Gasteiger partial charge in [0.15, 0.2) is 0 Å². The molecular weight excluding hydrogens is 246 g/mol. The first-order valence-electron chi connectivity index (χ1n) is 7.64. The van der Waals surface area contributed by atoms with Gasteiger partial charge in [0, 0.05) is 12.2 Å². The highest BCUT2D eigenvalue weighted by atomic mass is 15.3. The minimum atomic E-state index is 0.569. The van der Waals surface area contributed by atoms with Crippen molar-refractivity contribution < 1.29 is 0 Å². The van der Waals surface area contributed by atoms with E-state index in [0.717, 1.165) is 12.2 Å². The highest BCUT2D eigenvalue weighted by molar-refractivity contribution is 5.39. The Balaban J connectivity index is 1.94. The molecule has 1 aromatic carbocycles. The van der Waals surface area contributed by atoms with Crippen LogP contribution in [0.15, 0.2) is 42.7 Å². The van der Waals surface area contributed by atoms with Gasteiger partial charge in [0.1, 0.15) is 0 Å². The number of anilines is 1. The third-order valence-electron chi connectivity index (χ3n) is 3.47. The van der Waals surface area contributed by atoms with Crippen LogP contribution in [0, 0.1) is 0 Å². The van der Waals surface area contributed by atoms with Crippen molar-refractivity contribution in [3.63, 3.8) is 0 Å². The summed E-state index contributed by atoms with van der Waals surface area (Å²) in [5.41, 5.74) is 2.41. The molecule has 2 aromatic rings. The van der Waals surface area contributed by atoms with Crippen LogP contribution in [-0.4, -0.2) is 15.8 Å². The first-order valence-corrected chi connectivity index (χ1v) is 7.64. The number of hydrogen-bond donors (Lipinski definition) is 1. The predicted octanol–water partition coefficient (Wildman–Crippen LogP) is 4.31. The van der Waals surface area contributed by atoms with Crippen molar-refractivity contribution in [1.29, 1.82) is 0 Å². The van der Waals surface area contributed by atoms with E-state index in [1.807, 2.05) is 16.9 Å². The van der Waals surface area contributed by atoms with E-state index in [4.69, 9.17) is 0 Å². The van der Waals surface area contributed by atoms with E-state index in [1.54, 1.807) is 0 Å². The molecule has 2 rings (SSSR count). The lowest BCUT2D eigenvalue weighted by Crippen LogP contribution is -2.18. The van der Waals surface area contributed by atoms with Crippen LogP contribution in [0.4, 0.5) is 5.69 Å². The van der Waals surface area contributed by atoms with E-state index >= 15 is 0 Å². The second-order valence-corrected chi connectivity index (χ2v) is 5.33. The lowest BCUT2D eigenvalue weighted by molar-refractivity contribution is 0.586. The molecular formula is C17H25N3. The molecule has 3 nitrogen and oxygen atoms in total. The van der Waals surface area contributed by atoms with Crippen LogP contribution in [-0.2, 0) is 6.54 Å². The van der Waals surface area contributed by atoms with Gasteiger partial charge >= 0.3 is 0 Å². The van der Waals surface area contributed by atoms with Crippen molar-refractivity contribution in [1.82, 2.24) is 9.78 Å². The molecule has 0 unspecified atom stereocenters. The molecule has 0 aliphatic carbocycles. The van der Waals surface area contributed by atoms with Gasteiger partial charge in [-0.05, 0) is 18.4 Å². The van der Waals surface area contributed by atoms with Crippen molar-refractivity contribution in [2.75, 3.05) is 5.32 Å². The highest BCUT2D eigenvalue weighted by Crippen LogP contribution is 2.14. The third kappa shape index (κ3) is 4.41. The van der Waals surface area contributed by atoms with Crippen LogP contribution in [0.2, 0.25) is 0 Å². The average Bonchev–Trinajstić information content (AvgIpc) is 2.88. The van der Waals surface area contributed by atoms with Gasteiger partial charge in [-0.1, -0.05) is 57.0 Å². The number of aromatic nitrogens is 2. The summed E-state index contributed by atoms with van der Waals surface area (Å²) in [6, 6.07) is 11.0. The van der Waals surface area contributed by atoms with E-state index in [2.05, 4.69) is 54.7 Å². The van der Waals surface area contributed by atoms with Gasteiger partial charge in [-0.15, -0.1) is 0 Å². The Labute approximate surface area is 122 Å². The second-order valence-electron chi connectivity index (χ2n) is 5.33. The van der Waals surface area contributed by atoms with Crippen molar-refractivity contribution in [2.24, 2.45) is 0 Å². The van der Waals surface area contributed by atoms with Gasteiger partial charge in [0.2, 0.25) is 0 Å². The fourth-order valence-corrected chi connectivity index (χ4v) is 2.52. The van der Waals surface area contributed by atoms with Gasteiger partial charge in [-0.25, -0.2) is 0 Å². The molecule has 0 spiro atoms. The largest absolute Gasteiger partial charge is 0.380 e. The predicted molar refractivity (Wildman–Crippen MR) is 85.0 cm³/mol. The first-order chi connectivity index (χ1) is 9.81. The van der Waals surface area contributed by atoms with Crippen LogP contribution in [0.1, 0.15) is 45.1 Å². The molecule has 0 atom stereocenters. The molecule has 0 saturated carbocycles. The first kappa shape index (κ1) is 14.6. The number of rotatable bonds is 8. The topological polar surface area (TPSA) is 29.9 Å². The maximum atomic E-state index is 4.44. The van der Waals surface area contributed by atoms with Gasteiger partial charge in [0.25, 0.3) is 0 Å². The fourth-order valence-electron chi connectivity index (χ4n) is 2.52. The Morgan fingerprint density at radius 3 is 2.45 bits per heavy atom. The van der Waals surface area contributed by atoms with E-state index < -0.39 is 0 Å². The van der Waals surface area contributed by atoms with E-state index in [9.17, 15) is 0 Å². The Morgan fingerprint density at radius 1 is 1.10 bits per heavy atom. The molecule has 1 heterocycles. The van der Waals surface area contributed by atoms with E-state index in [-0.39, 0.29) is 0 Å². The second kappa shape index (κ2) is 7.73. The standard InChI is InChI=1S/C17H25N3/c1-3-8-16(9-4-2)19-17-12-18-20(14-17)13-15-10-6-5-7-11-15/h5-7,10-12,14,16,19H,3-4,8-9,13H2,1-2H3. The molecule has 20 heavy (non-hydrogen) atoms. The summed E-state index contributed by atoms with van der Waals surface area (Å²) in [4.78, 5) is 0. The number of benzene rings is 1. The molecule has 0 radical (unpaired) electrons. The maximum Gasteiger partial charge on any atom is 0.0728 e. The summed E-state index contributed by atoms with van der Waals surface area (Å²) >= 11 is 0. The van der Waals surface area contributed by atoms with Crippen molar-refractivity contribution >= 4 is 5.69 Å². The normalized spacial score (nSPS) is 10.9. The average molecular weight is 271 g/mol. The molecule has 0 saturated heterocycles. The van der Waals surface area contributed by atoms with Crippen LogP contribution < -0.4 is 5.32 Å². The fraction of sp³-hybridized carbons (Fsp3) is 0.471. The van der Waals surface area contributed by atoms with E-state index in [0.29, 0.717) is 6.04 Å². The van der Waals surface area contributed by atoms with Gasteiger partial charge in [-0.3, -0.25) is 4.68 Å². The molecule has 108 valence electrons. The molecule has 1 aromatic heterocycles. The monoisotopic (exact) mass is 271 g/mol. The zero-order valence-corrected chi connectivity index (χ0v) is 12.5. The summed E-state index contributed by atoms with van der Waals surface area (Å²) in [5, 5.41) is 8.04. The minimum absolute atomic E-state index is 0.569. The smallest absolute Gasteiger partial charge is 0.0728 e. The highest BCUT2D eigenvalue weighted by Gasteiger charge is 2.07. The van der Waals surface area contributed by atoms with Gasteiger partial charge in [-0.2, -0.15) is 5.10 Å².